The first-order valence-corrected chi connectivity index (χ1v) is 21.1. The van der Waals surface area contributed by atoms with Gasteiger partial charge in [0.05, 0.1) is 24.3 Å². The van der Waals surface area contributed by atoms with Gasteiger partial charge in [-0.15, -0.1) is 0 Å². The lowest BCUT2D eigenvalue weighted by Crippen LogP contribution is -2.12. The Balaban J connectivity index is 1.91. The molecule has 0 spiro atoms. The molecule has 0 aliphatic heterocycles. The van der Waals surface area contributed by atoms with Crippen molar-refractivity contribution in [3.05, 3.63) is 23.3 Å². The molecule has 0 aromatic heterocycles. The average Bonchev–Trinajstić information content (AvgIpc) is 3.16. The number of phenols is 6. The number of unbranched alkanes of at least 4 members (excludes halogenated alkanes) is 24. The Morgan fingerprint density at radius 1 is 0.389 bits per heavy atom. The molecule has 6 N–H and O–H groups in total. The minimum absolute atomic E-state index is 0.0399. The number of benzene rings is 2. The summed E-state index contributed by atoms with van der Waals surface area (Å²) in [6, 6.07) is 1.70. The molecular formula is C44H70O10. The standard InChI is InChI=1S/C44H70O10/c1-3-5-7-9-11-13-15-16-17-18-19-20-22-24-26-28-30-54-44(52)34-32-36(46)40(48)42(50)38(34)37-33(31-35(45)39(47)41(37)49)43(51)53-29-27-25-23-21-14-12-10-8-6-4-2/h31-32,45-50H,3-30H2,1-2H3. The topological polar surface area (TPSA) is 174 Å². The van der Waals surface area contributed by atoms with Gasteiger partial charge in [0, 0.05) is 11.1 Å². The van der Waals surface area contributed by atoms with Crippen LogP contribution >= 0.6 is 0 Å². The molecule has 0 saturated carbocycles. The Morgan fingerprint density at radius 2 is 0.630 bits per heavy atom. The summed E-state index contributed by atoms with van der Waals surface area (Å²) in [7, 11) is 0. The van der Waals surface area contributed by atoms with Crippen LogP contribution in [0.25, 0.3) is 11.1 Å². The van der Waals surface area contributed by atoms with Gasteiger partial charge in [-0.1, -0.05) is 168 Å². The number of rotatable bonds is 31. The second kappa shape index (κ2) is 27.7. The highest BCUT2D eigenvalue weighted by Crippen LogP contribution is 2.52. The highest BCUT2D eigenvalue weighted by molar-refractivity contribution is 6.08. The van der Waals surface area contributed by atoms with Crippen molar-refractivity contribution >= 4 is 11.9 Å². The number of carbonyl (C=O) groups excluding carboxylic acids is 2. The monoisotopic (exact) mass is 758 g/mol. The van der Waals surface area contributed by atoms with Crippen LogP contribution in [0.2, 0.25) is 0 Å². The lowest BCUT2D eigenvalue weighted by molar-refractivity contribution is 0.0485. The molecule has 306 valence electrons. The quantitative estimate of drug-likeness (QED) is 0.0247. The van der Waals surface area contributed by atoms with E-state index in [2.05, 4.69) is 13.8 Å². The molecule has 0 fully saturated rings. The minimum Gasteiger partial charge on any atom is -0.504 e. The Labute approximate surface area is 323 Å². The number of esters is 2. The van der Waals surface area contributed by atoms with E-state index in [1.807, 2.05) is 0 Å². The zero-order chi connectivity index (χ0) is 39.6. The molecule has 0 atom stereocenters. The molecular weight excluding hydrogens is 688 g/mol. The maximum Gasteiger partial charge on any atom is 0.339 e. The van der Waals surface area contributed by atoms with Gasteiger partial charge in [-0.3, -0.25) is 0 Å². The maximum absolute atomic E-state index is 13.3. The molecule has 0 radical (unpaired) electrons. The van der Waals surface area contributed by atoms with E-state index in [-0.39, 0.29) is 13.2 Å². The second-order valence-electron chi connectivity index (χ2n) is 14.8. The summed E-state index contributed by atoms with van der Waals surface area (Å²) in [5, 5.41) is 63.1. The molecule has 2 aromatic carbocycles. The lowest BCUT2D eigenvalue weighted by Gasteiger charge is -2.18. The Hall–Kier alpha value is -3.82. The molecule has 54 heavy (non-hydrogen) atoms. The third-order valence-corrected chi connectivity index (χ3v) is 10.2. The third-order valence-electron chi connectivity index (χ3n) is 10.2. The molecule has 10 nitrogen and oxygen atoms in total. The van der Waals surface area contributed by atoms with Crippen molar-refractivity contribution in [2.45, 2.75) is 181 Å². The zero-order valence-corrected chi connectivity index (χ0v) is 33.3. The Bertz CT molecular complexity index is 1370. The van der Waals surface area contributed by atoms with Crippen molar-refractivity contribution in [2.75, 3.05) is 13.2 Å². The third kappa shape index (κ3) is 16.7. The van der Waals surface area contributed by atoms with Crippen molar-refractivity contribution in [3.63, 3.8) is 0 Å². The highest BCUT2D eigenvalue weighted by Gasteiger charge is 2.32. The molecule has 0 aliphatic carbocycles. The van der Waals surface area contributed by atoms with E-state index in [1.165, 1.54) is 109 Å². The van der Waals surface area contributed by atoms with Crippen LogP contribution in [0.3, 0.4) is 0 Å². The van der Waals surface area contributed by atoms with Crippen molar-refractivity contribution in [3.8, 4) is 45.6 Å². The number of hydrogen-bond donors (Lipinski definition) is 6. The Morgan fingerprint density at radius 3 is 0.889 bits per heavy atom. The first-order chi connectivity index (χ1) is 26.1. The molecule has 0 unspecified atom stereocenters. The first kappa shape index (κ1) is 46.3. The second-order valence-corrected chi connectivity index (χ2v) is 14.8. The molecule has 2 rings (SSSR count). The molecule has 0 heterocycles. The van der Waals surface area contributed by atoms with Crippen LogP contribution < -0.4 is 0 Å². The van der Waals surface area contributed by atoms with Crippen LogP contribution in [0, 0.1) is 0 Å². The van der Waals surface area contributed by atoms with Gasteiger partial charge in [-0.05, 0) is 25.0 Å². The van der Waals surface area contributed by atoms with Gasteiger partial charge in [0.25, 0.3) is 0 Å². The van der Waals surface area contributed by atoms with Crippen LogP contribution in [0.15, 0.2) is 12.1 Å². The van der Waals surface area contributed by atoms with Gasteiger partial charge in [-0.2, -0.15) is 0 Å². The van der Waals surface area contributed by atoms with Crippen molar-refractivity contribution in [1.82, 2.24) is 0 Å². The van der Waals surface area contributed by atoms with Crippen LogP contribution in [0.4, 0.5) is 0 Å². The summed E-state index contributed by atoms with van der Waals surface area (Å²) in [6.07, 6.45) is 30.0. The van der Waals surface area contributed by atoms with Crippen LogP contribution in [-0.4, -0.2) is 55.8 Å². The highest BCUT2D eigenvalue weighted by atomic mass is 16.5. The van der Waals surface area contributed by atoms with E-state index in [9.17, 15) is 40.2 Å². The fourth-order valence-electron chi connectivity index (χ4n) is 6.84. The molecule has 2 aromatic rings. The van der Waals surface area contributed by atoms with Gasteiger partial charge in [0.15, 0.2) is 23.0 Å². The minimum atomic E-state index is -1.03. The zero-order valence-electron chi connectivity index (χ0n) is 33.3. The van der Waals surface area contributed by atoms with Gasteiger partial charge < -0.3 is 40.1 Å². The Kier molecular flexibility index (Phi) is 23.8. The summed E-state index contributed by atoms with van der Waals surface area (Å²) >= 11 is 0. The van der Waals surface area contributed by atoms with E-state index in [1.54, 1.807) is 0 Å². The summed E-state index contributed by atoms with van der Waals surface area (Å²) in [4.78, 5) is 26.6. The van der Waals surface area contributed by atoms with E-state index in [0.717, 1.165) is 57.1 Å². The van der Waals surface area contributed by atoms with Crippen molar-refractivity contribution in [2.24, 2.45) is 0 Å². The van der Waals surface area contributed by atoms with E-state index in [0.29, 0.717) is 12.8 Å². The van der Waals surface area contributed by atoms with Gasteiger partial charge in [-0.25, -0.2) is 9.59 Å². The molecule has 10 heteroatoms. The lowest BCUT2D eigenvalue weighted by atomic mass is 9.92. The van der Waals surface area contributed by atoms with Gasteiger partial charge >= 0.3 is 11.9 Å². The van der Waals surface area contributed by atoms with Gasteiger partial charge in [0.1, 0.15) is 0 Å². The number of carbonyl (C=O) groups is 2. The normalized spacial score (nSPS) is 11.2. The number of ether oxygens (including phenoxy) is 2. The molecule has 0 bridgehead atoms. The van der Waals surface area contributed by atoms with E-state index < -0.39 is 68.7 Å². The van der Waals surface area contributed by atoms with E-state index in [4.69, 9.17) is 9.47 Å². The summed E-state index contributed by atoms with van der Waals surface area (Å²) in [5.74, 6) is -7.76. The largest absolute Gasteiger partial charge is 0.504 e. The fraction of sp³-hybridized carbons (Fsp3) is 0.682. The average molecular weight is 759 g/mol. The number of aromatic hydroxyl groups is 6. The maximum atomic E-state index is 13.3. The molecule has 0 aliphatic rings. The summed E-state index contributed by atoms with van der Waals surface area (Å²) in [6.45, 7) is 4.52. The first-order valence-electron chi connectivity index (χ1n) is 21.1. The fourth-order valence-corrected chi connectivity index (χ4v) is 6.84. The van der Waals surface area contributed by atoms with Crippen LogP contribution in [-0.2, 0) is 9.47 Å². The SMILES string of the molecule is CCCCCCCCCCCCCCCCCCOC(=O)c1cc(O)c(O)c(O)c1-c1c(C(=O)OCCCCCCCCCCCC)cc(O)c(O)c1O. The smallest absolute Gasteiger partial charge is 0.339 e. The predicted octanol–water partition coefficient (Wildman–Crippen LogP) is 12.1. The summed E-state index contributed by atoms with van der Waals surface area (Å²) < 4.78 is 10.9. The number of phenolic OH excluding ortho intramolecular Hbond substituents is 6. The molecule has 0 amide bonds. The van der Waals surface area contributed by atoms with Crippen LogP contribution in [0.1, 0.15) is 202 Å². The van der Waals surface area contributed by atoms with Crippen molar-refractivity contribution < 1.29 is 49.7 Å². The molecule has 0 saturated heterocycles. The van der Waals surface area contributed by atoms with E-state index >= 15 is 0 Å². The summed E-state index contributed by atoms with van der Waals surface area (Å²) in [5.41, 5.74) is -2.08. The van der Waals surface area contributed by atoms with Crippen molar-refractivity contribution in [1.29, 1.82) is 0 Å². The number of hydrogen-bond acceptors (Lipinski definition) is 10. The predicted molar refractivity (Wildman–Crippen MR) is 214 cm³/mol. The van der Waals surface area contributed by atoms with Crippen LogP contribution in [0.5, 0.6) is 34.5 Å². The van der Waals surface area contributed by atoms with Gasteiger partial charge in [0.2, 0.25) is 11.5 Å².